The van der Waals surface area contributed by atoms with Crippen molar-refractivity contribution in [1.82, 2.24) is 15.5 Å². The van der Waals surface area contributed by atoms with E-state index in [9.17, 15) is 28.8 Å². The Bertz CT molecular complexity index is 1020. The van der Waals surface area contributed by atoms with E-state index in [1.54, 1.807) is 6.92 Å². The van der Waals surface area contributed by atoms with Gasteiger partial charge < -0.3 is 20.3 Å². The number of Topliss-reactive ketones (excluding diaryl/α,β-unsaturated/α-hetero) is 2. The summed E-state index contributed by atoms with van der Waals surface area (Å²) in [5.74, 6) is -3.39. The average Bonchev–Trinajstić information content (AvgIpc) is 3.41. The van der Waals surface area contributed by atoms with Crippen molar-refractivity contribution in [3.63, 3.8) is 0 Å². The molecule has 10 nitrogen and oxygen atoms in total. The molecule has 0 spiro atoms. The minimum Gasteiger partial charge on any atom is -0.469 e. The van der Waals surface area contributed by atoms with E-state index in [0.29, 0.717) is 19.4 Å². The number of esters is 1. The lowest BCUT2D eigenvalue weighted by molar-refractivity contribution is -0.143. The number of methoxy groups -OCH3 is 1. The number of amides is 3. The van der Waals surface area contributed by atoms with Crippen molar-refractivity contribution in [3.8, 4) is 0 Å². The molecule has 3 amide bonds. The van der Waals surface area contributed by atoms with Gasteiger partial charge in [0.05, 0.1) is 31.5 Å². The van der Waals surface area contributed by atoms with Crippen LogP contribution in [0.15, 0.2) is 30.3 Å². The first kappa shape index (κ1) is 31.0. The predicted molar refractivity (Wildman–Crippen MR) is 140 cm³/mol. The molecular formula is C27H36ClN3O7. The first-order valence-corrected chi connectivity index (χ1v) is 13.2. The SMILES string of the molecule is COC(=O)CCC(=O)N[C@H](C)C(=O)C[C@@H](C)C(=O)N1CCC[C@H]1C(=O)NC(Cc1ccccc1)C(=O)CCl. The number of hydrogen-bond donors (Lipinski definition) is 2. The molecule has 0 aliphatic carbocycles. The van der Waals surface area contributed by atoms with Gasteiger partial charge in [0.2, 0.25) is 17.7 Å². The number of hydrogen-bond acceptors (Lipinski definition) is 7. The van der Waals surface area contributed by atoms with E-state index in [2.05, 4.69) is 15.4 Å². The fourth-order valence-corrected chi connectivity index (χ4v) is 4.51. The van der Waals surface area contributed by atoms with Crippen LogP contribution in [0.4, 0.5) is 0 Å². The minimum absolute atomic E-state index is 0.0980. The highest BCUT2D eigenvalue weighted by Gasteiger charge is 2.38. The van der Waals surface area contributed by atoms with Crippen molar-refractivity contribution in [2.75, 3.05) is 19.5 Å². The van der Waals surface area contributed by atoms with Crippen molar-refractivity contribution in [1.29, 1.82) is 0 Å². The van der Waals surface area contributed by atoms with E-state index in [4.69, 9.17) is 11.6 Å². The standard InChI is InChI=1S/C27H36ClN3O7/c1-17(14-22(32)18(2)29-24(34)11-12-25(35)38-3)27(37)31-13-7-10-21(31)26(36)30-20(23(33)16-28)15-19-8-5-4-6-9-19/h4-6,8-9,17-18,20-21H,7,10-16H2,1-3H3,(H,29,34)(H,30,36)/t17-,18-,20?,21+/m1/s1. The van der Waals surface area contributed by atoms with Crippen LogP contribution >= 0.6 is 11.6 Å². The lowest BCUT2D eigenvalue weighted by Gasteiger charge is -2.28. The number of ketones is 2. The summed E-state index contributed by atoms with van der Waals surface area (Å²) >= 11 is 5.78. The van der Waals surface area contributed by atoms with Crippen LogP contribution in [0.1, 0.15) is 51.5 Å². The molecule has 0 aromatic heterocycles. The quantitative estimate of drug-likeness (QED) is 0.265. The number of benzene rings is 1. The summed E-state index contributed by atoms with van der Waals surface area (Å²) in [5.41, 5.74) is 0.870. The molecule has 1 aromatic rings. The third-order valence-corrected chi connectivity index (χ3v) is 6.79. The Kier molecular flexibility index (Phi) is 12.4. The first-order chi connectivity index (χ1) is 18.1. The third kappa shape index (κ3) is 9.24. The number of halogens is 1. The van der Waals surface area contributed by atoms with Crippen LogP contribution in [-0.2, 0) is 39.9 Å². The summed E-state index contributed by atoms with van der Waals surface area (Å²) in [6.07, 6.45) is 1.01. The third-order valence-electron chi connectivity index (χ3n) is 6.53. The van der Waals surface area contributed by atoms with Crippen LogP contribution in [0.3, 0.4) is 0 Å². The minimum atomic E-state index is -0.839. The lowest BCUT2D eigenvalue weighted by atomic mass is 9.98. The van der Waals surface area contributed by atoms with Crippen molar-refractivity contribution in [2.45, 2.75) is 70.5 Å². The highest BCUT2D eigenvalue weighted by Crippen LogP contribution is 2.22. The van der Waals surface area contributed by atoms with Gasteiger partial charge in [-0.25, -0.2) is 0 Å². The van der Waals surface area contributed by atoms with Crippen molar-refractivity contribution < 1.29 is 33.5 Å². The Morgan fingerprint density at radius 1 is 1.03 bits per heavy atom. The Balaban J connectivity index is 1.95. The van der Waals surface area contributed by atoms with Crippen LogP contribution in [0.2, 0.25) is 0 Å². The Morgan fingerprint density at radius 2 is 1.71 bits per heavy atom. The molecule has 1 aliphatic heterocycles. The lowest BCUT2D eigenvalue weighted by Crippen LogP contribution is -2.52. The molecule has 1 saturated heterocycles. The highest BCUT2D eigenvalue weighted by atomic mass is 35.5. The van der Waals surface area contributed by atoms with Crippen molar-refractivity contribution >= 4 is 46.9 Å². The number of nitrogens with zero attached hydrogens (tertiary/aromatic N) is 1. The molecule has 208 valence electrons. The molecule has 2 N–H and O–H groups in total. The summed E-state index contributed by atoms with van der Waals surface area (Å²) in [4.78, 5) is 76.0. The van der Waals surface area contributed by atoms with Gasteiger partial charge in [0.15, 0.2) is 11.6 Å². The molecule has 11 heteroatoms. The zero-order valence-corrected chi connectivity index (χ0v) is 22.8. The van der Waals surface area contributed by atoms with Gasteiger partial charge in [-0.1, -0.05) is 37.3 Å². The van der Waals surface area contributed by atoms with Gasteiger partial charge in [0.25, 0.3) is 0 Å². The number of carbonyl (C=O) groups is 6. The average molecular weight is 550 g/mol. The van der Waals surface area contributed by atoms with E-state index in [1.165, 1.54) is 18.9 Å². The summed E-state index contributed by atoms with van der Waals surface area (Å²) in [6.45, 7) is 3.49. The molecule has 38 heavy (non-hydrogen) atoms. The maximum atomic E-state index is 13.2. The summed E-state index contributed by atoms with van der Waals surface area (Å²) in [7, 11) is 1.22. The normalized spacial score (nSPS) is 17.2. The largest absolute Gasteiger partial charge is 0.469 e. The second-order valence-electron chi connectivity index (χ2n) is 9.48. The monoisotopic (exact) mass is 549 g/mol. The van der Waals surface area contributed by atoms with Crippen LogP contribution < -0.4 is 10.6 Å². The molecule has 1 heterocycles. The topological polar surface area (TPSA) is 139 Å². The fourth-order valence-electron chi connectivity index (χ4n) is 4.32. The zero-order chi connectivity index (χ0) is 28.2. The van der Waals surface area contributed by atoms with Crippen molar-refractivity contribution in [3.05, 3.63) is 35.9 Å². The van der Waals surface area contributed by atoms with E-state index < -0.39 is 41.8 Å². The maximum absolute atomic E-state index is 13.2. The van der Waals surface area contributed by atoms with Gasteiger partial charge in [-0.2, -0.15) is 0 Å². The molecule has 1 aromatic carbocycles. The number of nitrogens with one attached hydrogen (secondary N) is 2. The van der Waals surface area contributed by atoms with E-state index in [-0.39, 0.29) is 49.0 Å². The van der Waals surface area contributed by atoms with Gasteiger partial charge in [0.1, 0.15) is 6.04 Å². The van der Waals surface area contributed by atoms with Gasteiger partial charge >= 0.3 is 5.97 Å². The van der Waals surface area contributed by atoms with Crippen LogP contribution in [0.25, 0.3) is 0 Å². The molecule has 0 bridgehead atoms. The predicted octanol–water partition coefficient (Wildman–Crippen LogP) is 1.57. The molecule has 4 atom stereocenters. The van der Waals surface area contributed by atoms with Crippen LogP contribution in [0, 0.1) is 5.92 Å². The van der Waals surface area contributed by atoms with E-state index >= 15 is 0 Å². The number of carbonyl (C=O) groups excluding carboxylic acids is 6. The van der Waals surface area contributed by atoms with Gasteiger partial charge in [-0.3, -0.25) is 28.8 Å². The van der Waals surface area contributed by atoms with E-state index in [1.807, 2.05) is 30.3 Å². The van der Waals surface area contributed by atoms with Gasteiger partial charge in [0, 0.05) is 25.3 Å². The first-order valence-electron chi connectivity index (χ1n) is 12.7. The van der Waals surface area contributed by atoms with E-state index in [0.717, 1.165) is 5.56 Å². The van der Waals surface area contributed by atoms with Gasteiger partial charge in [-0.05, 0) is 31.7 Å². The maximum Gasteiger partial charge on any atom is 0.306 e. The number of alkyl halides is 1. The molecule has 0 saturated carbocycles. The number of rotatable bonds is 14. The summed E-state index contributed by atoms with van der Waals surface area (Å²) in [6, 6.07) is 6.84. The molecule has 0 radical (unpaired) electrons. The summed E-state index contributed by atoms with van der Waals surface area (Å²) < 4.78 is 4.49. The number of likely N-dealkylation sites (tertiary alicyclic amines) is 1. The van der Waals surface area contributed by atoms with Crippen LogP contribution in [-0.4, -0.2) is 77.8 Å². The molecule has 1 aliphatic rings. The number of ether oxygens (including phenoxy) is 1. The Morgan fingerprint density at radius 3 is 2.34 bits per heavy atom. The highest BCUT2D eigenvalue weighted by molar-refractivity contribution is 6.28. The van der Waals surface area contributed by atoms with Gasteiger partial charge in [-0.15, -0.1) is 11.6 Å². The Labute approximate surface area is 227 Å². The van der Waals surface area contributed by atoms with Crippen LogP contribution in [0.5, 0.6) is 0 Å². The zero-order valence-electron chi connectivity index (χ0n) is 22.0. The molecule has 1 unspecified atom stereocenters. The Hall–Kier alpha value is -3.27. The molecule has 2 rings (SSSR count). The second-order valence-corrected chi connectivity index (χ2v) is 9.74. The molecule has 1 fully saturated rings. The van der Waals surface area contributed by atoms with Crippen molar-refractivity contribution in [2.24, 2.45) is 5.92 Å². The smallest absolute Gasteiger partial charge is 0.306 e. The molecular weight excluding hydrogens is 514 g/mol. The fraction of sp³-hybridized carbons (Fsp3) is 0.556. The summed E-state index contributed by atoms with van der Waals surface area (Å²) in [5, 5.41) is 5.30. The second kappa shape index (κ2) is 15.2.